The summed E-state index contributed by atoms with van der Waals surface area (Å²) in [7, 11) is 0. The van der Waals surface area contributed by atoms with Crippen LogP contribution >= 0.6 is 23.5 Å². The molecule has 43 heavy (non-hydrogen) atoms. The first-order valence-corrected chi connectivity index (χ1v) is 17.3. The van der Waals surface area contributed by atoms with E-state index in [1.165, 1.54) is 23.5 Å². The summed E-state index contributed by atoms with van der Waals surface area (Å²) in [5.74, 6) is 0.131. The van der Waals surface area contributed by atoms with Gasteiger partial charge in [0.25, 0.3) is 0 Å². The Hall–Kier alpha value is -2.82. The second-order valence-electron chi connectivity index (χ2n) is 10.9. The first-order valence-electron chi connectivity index (χ1n) is 15.6. The maximum absolute atomic E-state index is 10.6. The van der Waals surface area contributed by atoms with E-state index in [1.807, 2.05) is 25.1 Å². The molecule has 2 N–H and O–H groups in total. The molecule has 0 saturated carbocycles. The lowest BCUT2D eigenvalue weighted by Crippen LogP contribution is -2.03. The van der Waals surface area contributed by atoms with E-state index >= 15 is 0 Å². The Labute approximate surface area is 265 Å². The molecule has 0 atom stereocenters. The van der Waals surface area contributed by atoms with Crippen LogP contribution in [0.1, 0.15) is 121 Å². The van der Waals surface area contributed by atoms with Crippen LogP contribution in [0.3, 0.4) is 0 Å². The van der Waals surface area contributed by atoms with E-state index in [0.29, 0.717) is 17.5 Å². The van der Waals surface area contributed by atoms with E-state index in [1.54, 1.807) is 0 Å². The summed E-state index contributed by atoms with van der Waals surface area (Å²) < 4.78 is 13.1. The topological polar surface area (TPSA) is 141 Å². The van der Waals surface area contributed by atoms with Crippen molar-refractivity contribution >= 4 is 35.5 Å². The van der Waals surface area contributed by atoms with Crippen LogP contribution in [-0.2, 0) is 9.59 Å². The van der Waals surface area contributed by atoms with Crippen molar-refractivity contribution in [3.63, 3.8) is 0 Å². The van der Waals surface area contributed by atoms with Crippen LogP contribution in [0.5, 0.6) is 11.5 Å². The van der Waals surface area contributed by atoms with Crippen molar-refractivity contribution in [2.24, 2.45) is 0 Å². The lowest BCUT2D eigenvalue weighted by atomic mass is 10.1. The third kappa shape index (κ3) is 14.5. The van der Waals surface area contributed by atoms with Gasteiger partial charge in [-0.1, -0.05) is 101 Å². The molecule has 0 unspecified atom stereocenters. The van der Waals surface area contributed by atoms with Gasteiger partial charge >= 0.3 is 11.9 Å². The molecule has 1 aromatic carbocycles. The number of aliphatic carboxylic acids is 2. The van der Waals surface area contributed by atoms with E-state index < -0.39 is 11.9 Å². The van der Waals surface area contributed by atoms with Crippen LogP contribution in [0, 0.1) is 29.6 Å². The minimum atomic E-state index is -0.718. The van der Waals surface area contributed by atoms with Gasteiger partial charge in [0, 0.05) is 12.8 Å². The Morgan fingerprint density at radius 3 is 1.56 bits per heavy atom. The van der Waals surface area contributed by atoms with Gasteiger partial charge in [0.15, 0.2) is 0 Å². The SMILES string of the molecule is Cc1cc(OCCCCCCCCCCC(=O)O)c2c(c1OCCCCCCCCCCC(=O)O)SC(=C(C#N)C#N)S2. The molecule has 1 aliphatic heterocycles. The monoisotopic (exact) mass is 630 g/mol. The number of carboxylic acid groups (broad SMARTS) is 2. The number of unbranched alkanes of at least 4 members (excludes halogenated alkanes) is 14. The van der Waals surface area contributed by atoms with Gasteiger partial charge in [-0.2, -0.15) is 10.5 Å². The minimum Gasteiger partial charge on any atom is -0.492 e. The number of carbonyl (C=O) groups is 2. The molecule has 1 heterocycles. The third-order valence-electron chi connectivity index (χ3n) is 7.23. The zero-order chi connectivity index (χ0) is 31.3. The van der Waals surface area contributed by atoms with E-state index in [9.17, 15) is 20.1 Å². The number of aryl methyl sites for hydroxylation is 1. The molecule has 2 rings (SSSR count). The molecule has 0 fully saturated rings. The molecule has 0 aromatic heterocycles. The van der Waals surface area contributed by atoms with E-state index in [0.717, 1.165) is 130 Å². The fourth-order valence-corrected chi connectivity index (χ4v) is 7.44. The summed E-state index contributed by atoms with van der Waals surface area (Å²) in [6.07, 6.45) is 17.0. The largest absolute Gasteiger partial charge is 0.492 e. The number of carboxylic acids is 2. The summed E-state index contributed by atoms with van der Waals surface area (Å²) in [5, 5.41) is 36.3. The van der Waals surface area contributed by atoms with Gasteiger partial charge in [0.1, 0.15) is 29.2 Å². The van der Waals surface area contributed by atoms with Crippen molar-refractivity contribution in [1.29, 1.82) is 10.5 Å². The molecule has 10 heteroatoms. The minimum absolute atomic E-state index is 0.103. The number of ether oxygens (including phenoxy) is 2. The molecule has 0 saturated heterocycles. The summed E-state index contributed by atoms with van der Waals surface area (Å²) in [6, 6.07) is 6.03. The fourth-order valence-electron chi connectivity index (χ4n) is 4.86. The second-order valence-corrected chi connectivity index (χ2v) is 13.2. The predicted octanol–water partition coefficient (Wildman–Crippen LogP) is 9.40. The summed E-state index contributed by atoms with van der Waals surface area (Å²) in [6.45, 7) is 3.20. The molecule has 0 aliphatic carbocycles. The van der Waals surface area contributed by atoms with Gasteiger partial charge in [0.05, 0.1) is 27.2 Å². The number of hydrogen-bond acceptors (Lipinski definition) is 8. The van der Waals surface area contributed by atoms with E-state index in [-0.39, 0.29) is 18.4 Å². The Kier molecular flexibility index (Phi) is 18.4. The molecule has 0 amide bonds. The number of thioether (sulfide) groups is 2. The predicted molar refractivity (Wildman–Crippen MR) is 171 cm³/mol. The molecule has 0 radical (unpaired) electrons. The maximum Gasteiger partial charge on any atom is 0.303 e. The molecule has 8 nitrogen and oxygen atoms in total. The van der Waals surface area contributed by atoms with Crippen molar-refractivity contribution in [2.75, 3.05) is 13.2 Å². The average molecular weight is 631 g/mol. The highest BCUT2D eigenvalue weighted by atomic mass is 32.2. The second kappa shape index (κ2) is 21.8. The van der Waals surface area contributed by atoms with Crippen molar-refractivity contribution in [3.05, 3.63) is 21.4 Å². The van der Waals surface area contributed by atoms with Crippen LogP contribution in [0.4, 0.5) is 0 Å². The quantitative estimate of drug-likeness (QED) is 0.0838. The lowest BCUT2D eigenvalue weighted by molar-refractivity contribution is -0.138. The van der Waals surface area contributed by atoms with Crippen LogP contribution in [0.25, 0.3) is 0 Å². The van der Waals surface area contributed by atoms with Crippen molar-refractivity contribution in [3.8, 4) is 23.6 Å². The number of benzene rings is 1. The van der Waals surface area contributed by atoms with Crippen molar-refractivity contribution in [1.82, 2.24) is 0 Å². The highest BCUT2D eigenvalue weighted by Gasteiger charge is 2.30. The van der Waals surface area contributed by atoms with Gasteiger partial charge in [-0.05, 0) is 44.2 Å². The Morgan fingerprint density at radius 2 is 1.09 bits per heavy atom. The zero-order valence-corrected chi connectivity index (χ0v) is 27.1. The van der Waals surface area contributed by atoms with Crippen LogP contribution in [-0.4, -0.2) is 35.4 Å². The molecule has 236 valence electrons. The third-order valence-corrected chi connectivity index (χ3v) is 9.84. The number of rotatable bonds is 24. The average Bonchev–Trinajstić information content (AvgIpc) is 3.41. The molecular weight excluding hydrogens is 585 g/mol. The molecular formula is C33H46N2O6S2. The Balaban J connectivity index is 1.81. The number of nitriles is 2. The van der Waals surface area contributed by atoms with E-state index in [2.05, 4.69) is 0 Å². The Morgan fingerprint density at radius 1 is 0.674 bits per heavy atom. The Bertz CT molecular complexity index is 1140. The molecule has 1 aromatic rings. The van der Waals surface area contributed by atoms with Crippen LogP contribution < -0.4 is 9.47 Å². The highest BCUT2D eigenvalue weighted by Crippen LogP contribution is 2.59. The number of nitrogens with zero attached hydrogens (tertiary/aromatic N) is 2. The van der Waals surface area contributed by atoms with Crippen LogP contribution in [0.2, 0.25) is 0 Å². The van der Waals surface area contributed by atoms with Crippen LogP contribution in [0.15, 0.2) is 25.7 Å². The van der Waals surface area contributed by atoms with Crippen molar-refractivity contribution in [2.45, 2.75) is 132 Å². The van der Waals surface area contributed by atoms with Gasteiger partial charge in [-0.3, -0.25) is 9.59 Å². The normalized spacial score (nSPS) is 11.9. The highest BCUT2D eigenvalue weighted by molar-refractivity contribution is 8.24. The number of fused-ring (bicyclic) bond motifs is 1. The smallest absolute Gasteiger partial charge is 0.303 e. The molecule has 0 spiro atoms. The van der Waals surface area contributed by atoms with Crippen molar-refractivity contribution < 1.29 is 29.3 Å². The maximum atomic E-state index is 10.6. The van der Waals surface area contributed by atoms with Gasteiger partial charge in [0.2, 0.25) is 0 Å². The standard InChI is InChI=1S/C33H46N2O6S2/c1-25-22-27(40-20-16-12-8-4-2-6-10-14-18-28(36)37)31-32(43-33(42-31)26(23-34)24-35)30(25)41-21-17-13-9-5-3-7-11-15-19-29(38)39/h22H,2-21H2,1H3,(H,36,37)(H,38,39). The summed E-state index contributed by atoms with van der Waals surface area (Å²) in [5.41, 5.74) is 1.08. The van der Waals surface area contributed by atoms with Gasteiger partial charge in [-0.25, -0.2) is 0 Å². The number of hydrogen-bond donors (Lipinski definition) is 2. The zero-order valence-electron chi connectivity index (χ0n) is 25.5. The first-order chi connectivity index (χ1) is 20.9. The first kappa shape index (κ1) is 36.4. The summed E-state index contributed by atoms with van der Waals surface area (Å²) in [4.78, 5) is 23.0. The molecule has 1 aliphatic rings. The van der Waals surface area contributed by atoms with E-state index in [4.69, 9.17) is 19.7 Å². The molecule has 0 bridgehead atoms. The summed E-state index contributed by atoms with van der Waals surface area (Å²) >= 11 is 2.82. The number of allylic oxidation sites excluding steroid dienone is 1. The lowest BCUT2D eigenvalue weighted by Gasteiger charge is -2.16. The fraction of sp³-hybridized carbons (Fsp3) is 0.636. The van der Waals surface area contributed by atoms with Gasteiger partial charge in [-0.15, -0.1) is 0 Å². The van der Waals surface area contributed by atoms with Gasteiger partial charge < -0.3 is 19.7 Å².